The Morgan fingerprint density at radius 3 is 1.89 bits per heavy atom. The van der Waals surface area contributed by atoms with Crippen molar-refractivity contribution in [3.05, 3.63) is 0 Å². The van der Waals surface area contributed by atoms with Crippen LogP contribution in [0.5, 0.6) is 0 Å². The predicted molar refractivity (Wildman–Crippen MR) is 64.2 cm³/mol. The first kappa shape index (κ1) is 17.3. The zero-order chi connectivity index (χ0) is 13.5. The maximum atomic E-state index is 10.9. The van der Waals surface area contributed by atoms with Crippen molar-refractivity contribution in [2.75, 3.05) is 59.4 Å². The molecule has 0 amide bonds. The molecule has 0 heterocycles. The Labute approximate surface area is 107 Å². The standard InChI is InChI=1S/C11H23NO6/c12-2-1-11(14)18-10-9-17-8-7-16-6-5-15-4-3-13/h13H,1-10,12H2. The molecule has 0 aliphatic heterocycles. The Morgan fingerprint density at radius 1 is 0.889 bits per heavy atom. The fraction of sp³-hybridized carbons (Fsp3) is 0.909. The van der Waals surface area contributed by atoms with Gasteiger partial charge in [0.15, 0.2) is 0 Å². The van der Waals surface area contributed by atoms with Crippen LogP contribution in [0.1, 0.15) is 6.42 Å². The highest BCUT2D eigenvalue weighted by atomic mass is 16.6. The van der Waals surface area contributed by atoms with Crippen LogP contribution in [0, 0.1) is 0 Å². The summed E-state index contributed by atoms with van der Waals surface area (Å²) in [6.07, 6.45) is 0.233. The maximum absolute atomic E-state index is 10.9. The van der Waals surface area contributed by atoms with Crippen molar-refractivity contribution in [3.63, 3.8) is 0 Å². The van der Waals surface area contributed by atoms with Gasteiger partial charge in [0.1, 0.15) is 6.61 Å². The molecule has 108 valence electrons. The zero-order valence-corrected chi connectivity index (χ0v) is 10.6. The van der Waals surface area contributed by atoms with E-state index in [0.29, 0.717) is 46.2 Å². The molecule has 0 radical (unpaired) electrons. The summed E-state index contributed by atoms with van der Waals surface area (Å²) in [5.41, 5.74) is 5.19. The van der Waals surface area contributed by atoms with Gasteiger partial charge in [0.2, 0.25) is 0 Å². The van der Waals surface area contributed by atoms with E-state index in [-0.39, 0.29) is 25.6 Å². The monoisotopic (exact) mass is 265 g/mol. The lowest BCUT2D eigenvalue weighted by Gasteiger charge is -2.07. The molecular weight excluding hydrogens is 242 g/mol. The molecule has 7 nitrogen and oxygen atoms in total. The Bertz CT molecular complexity index is 190. The third kappa shape index (κ3) is 13.3. The molecule has 0 aliphatic carbocycles. The number of esters is 1. The maximum Gasteiger partial charge on any atom is 0.307 e. The van der Waals surface area contributed by atoms with Crippen molar-refractivity contribution in [1.82, 2.24) is 0 Å². The minimum atomic E-state index is -0.307. The lowest BCUT2D eigenvalue weighted by molar-refractivity contribution is -0.145. The summed E-state index contributed by atoms with van der Waals surface area (Å²) < 4.78 is 20.2. The van der Waals surface area contributed by atoms with Gasteiger partial charge in [0.25, 0.3) is 0 Å². The van der Waals surface area contributed by atoms with Crippen LogP contribution >= 0.6 is 0 Å². The molecule has 0 rings (SSSR count). The van der Waals surface area contributed by atoms with E-state index in [9.17, 15) is 4.79 Å². The topological polar surface area (TPSA) is 100 Å². The minimum absolute atomic E-state index is 0.0198. The molecular formula is C11H23NO6. The van der Waals surface area contributed by atoms with Crippen LogP contribution < -0.4 is 5.73 Å². The van der Waals surface area contributed by atoms with Gasteiger partial charge in [-0.2, -0.15) is 0 Å². The zero-order valence-electron chi connectivity index (χ0n) is 10.6. The van der Waals surface area contributed by atoms with E-state index in [0.717, 1.165) is 0 Å². The fourth-order valence-corrected chi connectivity index (χ4v) is 1.01. The van der Waals surface area contributed by atoms with Gasteiger partial charge in [0.05, 0.1) is 52.7 Å². The molecule has 0 aromatic heterocycles. The Morgan fingerprint density at radius 2 is 1.39 bits per heavy atom. The molecule has 18 heavy (non-hydrogen) atoms. The van der Waals surface area contributed by atoms with E-state index in [1.165, 1.54) is 0 Å². The molecule has 0 unspecified atom stereocenters. The summed E-state index contributed by atoms with van der Waals surface area (Å²) in [6.45, 7) is 3.05. The normalized spacial score (nSPS) is 10.6. The first-order chi connectivity index (χ1) is 8.81. The molecule has 0 saturated heterocycles. The quantitative estimate of drug-likeness (QED) is 0.323. The van der Waals surface area contributed by atoms with Crippen LogP contribution in [-0.2, 0) is 23.7 Å². The number of nitrogens with two attached hydrogens (primary N) is 1. The molecule has 0 bridgehead atoms. The summed E-state index contributed by atoms with van der Waals surface area (Å²) in [5.74, 6) is -0.307. The van der Waals surface area contributed by atoms with Crippen molar-refractivity contribution in [1.29, 1.82) is 0 Å². The molecule has 0 saturated carbocycles. The van der Waals surface area contributed by atoms with Crippen molar-refractivity contribution in [2.24, 2.45) is 5.73 Å². The van der Waals surface area contributed by atoms with Gasteiger partial charge in [0, 0.05) is 6.54 Å². The second-order valence-electron chi connectivity index (χ2n) is 3.32. The summed E-state index contributed by atoms with van der Waals surface area (Å²) in [4.78, 5) is 10.9. The third-order valence-corrected chi connectivity index (χ3v) is 1.82. The highest BCUT2D eigenvalue weighted by molar-refractivity contribution is 5.69. The minimum Gasteiger partial charge on any atom is -0.463 e. The molecule has 0 aliphatic rings. The number of rotatable bonds is 13. The highest BCUT2D eigenvalue weighted by Crippen LogP contribution is 1.85. The molecule has 0 aromatic rings. The van der Waals surface area contributed by atoms with Gasteiger partial charge in [-0.05, 0) is 0 Å². The van der Waals surface area contributed by atoms with E-state index in [1.807, 2.05) is 0 Å². The van der Waals surface area contributed by atoms with Gasteiger partial charge >= 0.3 is 5.97 Å². The summed E-state index contributed by atoms with van der Waals surface area (Å²) in [6, 6.07) is 0. The van der Waals surface area contributed by atoms with E-state index in [2.05, 4.69) is 0 Å². The second kappa shape index (κ2) is 14.3. The van der Waals surface area contributed by atoms with Gasteiger partial charge in [-0.3, -0.25) is 4.79 Å². The highest BCUT2D eigenvalue weighted by Gasteiger charge is 1.99. The second-order valence-corrected chi connectivity index (χ2v) is 3.32. The van der Waals surface area contributed by atoms with Crippen LogP contribution in [0.2, 0.25) is 0 Å². The summed E-state index contributed by atoms with van der Waals surface area (Å²) >= 11 is 0. The van der Waals surface area contributed by atoms with Crippen molar-refractivity contribution in [2.45, 2.75) is 6.42 Å². The predicted octanol–water partition coefficient (Wildman–Crippen LogP) is -1.08. The molecule has 0 fully saturated rings. The smallest absolute Gasteiger partial charge is 0.307 e. The van der Waals surface area contributed by atoms with Gasteiger partial charge < -0.3 is 29.8 Å². The lowest BCUT2D eigenvalue weighted by atomic mass is 10.4. The Hall–Kier alpha value is -0.730. The Kier molecular flexibility index (Phi) is 13.8. The number of aliphatic hydroxyl groups excluding tert-OH is 1. The van der Waals surface area contributed by atoms with Gasteiger partial charge in [-0.25, -0.2) is 0 Å². The lowest BCUT2D eigenvalue weighted by Crippen LogP contribution is -2.16. The van der Waals surface area contributed by atoms with E-state index < -0.39 is 0 Å². The SMILES string of the molecule is NCCC(=O)OCCOCCOCCOCCO. The first-order valence-electron chi connectivity index (χ1n) is 6.01. The molecule has 0 aromatic carbocycles. The number of hydrogen-bond donors (Lipinski definition) is 2. The largest absolute Gasteiger partial charge is 0.463 e. The molecule has 3 N–H and O–H groups in total. The van der Waals surface area contributed by atoms with Crippen LogP contribution in [0.3, 0.4) is 0 Å². The van der Waals surface area contributed by atoms with E-state index in [1.54, 1.807) is 0 Å². The van der Waals surface area contributed by atoms with E-state index >= 15 is 0 Å². The average Bonchev–Trinajstić information content (AvgIpc) is 2.36. The first-order valence-corrected chi connectivity index (χ1v) is 6.01. The van der Waals surface area contributed by atoms with Crippen LogP contribution in [-0.4, -0.2) is 70.5 Å². The molecule has 0 atom stereocenters. The van der Waals surface area contributed by atoms with Crippen molar-refractivity contribution < 1.29 is 28.8 Å². The van der Waals surface area contributed by atoms with E-state index in [4.69, 9.17) is 29.8 Å². The van der Waals surface area contributed by atoms with Crippen LogP contribution in [0.15, 0.2) is 0 Å². The van der Waals surface area contributed by atoms with Crippen LogP contribution in [0.25, 0.3) is 0 Å². The summed E-state index contributed by atoms with van der Waals surface area (Å²) in [5, 5.41) is 8.43. The van der Waals surface area contributed by atoms with Gasteiger partial charge in [-0.15, -0.1) is 0 Å². The molecule has 0 spiro atoms. The number of hydrogen-bond acceptors (Lipinski definition) is 7. The average molecular weight is 265 g/mol. The third-order valence-electron chi connectivity index (χ3n) is 1.82. The number of ether oxygens (including phenoxy) is 4. The van der Waals surface area contributed by atoms with Crippen molar-refractivity contribution in [3.8, 4) is 0 Å². The Balaban J connectivity index is 3.01. The van der Waals surface area contributed by atoms with Crippen LogP contribution in [0.4, 0.5) is 0 Å². The molecule has 7 heteroatoms. The summed E-state index contributed by atoms with van der Waals surface area (Å²) in [7, 11) is 0. The fourth-order valence-electron chi connectivity index (χ4n) is 1.01. The number of aliphatic hydroxyl groups is 1. The van der Waals surface area contributed by atoms with Crippen molar-refractivity contribution >= 4 is 5.97 Å². The number of carbonyl (C=O) groups excluding carboxylic acids is 1. The van der Waals surface area contributed by atoms with Gasteiger partial charge in [-0.1, -0.05) is 0 Å². The number of carbonyl (C=O) groups is 1.